The highest BCUT2D eigenvalue weighted by Crippen LogP contribution is 2.53. The monoisotopic (exact) mass is 304 g/mol. The number of hydrogen-bond donors (Lipinski definition) is 0. The van der Waals surface area contributed by atoms with E-state index in [4.69, 9.17) is 3.63 Å². The molecule has 0 saturated carbocycles. The fourth-order valence-corrected chi connectivity index (χ4v) is 7.02. The fraction of sp³-hybridized carbons (Fsp3) is 0.571. The van der Waals surface area contributed by atoms with Gasteiger partial charge in [0.15, 0.2) is 0 Å². The van der Waals surface area contributed by atoms with Gasteiger partial charge in [0.1, 0.15) is 0 Å². The average molecular weight is 304 g/mol. The zero-order chi connectivity index (χ0) is 14.4. The van der Waals surface area contributed by atoms with Crippen LogP contribution in [0.5, 0.6) is 0 Å². The molecular formula is C14H24O3S2. The molecule has 0 heterocycles. The molecule has 0 aliphatic carbocycles. The molecule has 0 aromatic heterocycles. The van der Waals surface area contributed by atoms with Crippen LogP contribution in [0, 0.1) is 0 Å². The number of hydrogen-bond acceptors (Lipinski definition) is 3. The van der Waals surface area contributed by atoms with Gasteiger partial charge in [0, 0.05) is 5.75 Å². The summed E-state index contributed by atoms with van der Waals surface area (Å²) in [5, 5.41) is 0. The molecule has 1 aromatic rings. The minimum absolute atomic E-state index is 0.108. The molecule has 0 amide bonds. The molecule has 1 aromatic carbocycles. The lowest BCUT2D eigenvalue weighted by molar-refractivity contribution is 0.507. The van der Waals surface area contributed by atoms with Crippen LogP contribution in [-0.2, 0) is 19.5 Å². The van der Waals surface area contributed by atoms with E-state index in [9.17, 15) is 8.42 Å². The van der Waals surface area contributed by atoms with E-state index >= 15 is 0 Å². The molecule has 110 valence electrons. The molecule has 0 bridgehead atoms. The highest BCUT2D eigenvalue weighted by molar-refractivity contribution is 8.32. The second kappa shape index (κ2) is 7.31. The molecule has 5 heteroatoms. The van der Waals surface area contributed by atoms with Gasteiger partial charge in [-0.1, -0.05) is 51.1 Å². The van der Waals surface area contributed by atoms with Gasteiger partial charge < -0.3 is 0 Å². The molecule has 19 heavy (non-hydrogen) atoms. The Morgan fingerprint density at radius 3 is 2.05 bits per heavy atom. The van der Waals surface area contributed by atoms with Crippen LogP contribution < -0.4 is 0 Å². The van der Waals surface area contributed by atoms with Crippen molar-refractivity contribution >= 4 is 20.4 Å². The van der Waals surface area contributed by atoms with E-state index in [0.29, 0.717) is 12.2 Å². The maximum absolute atomic E-state index is 12.0. The quantitative estimate of drug-likeness (QED) is 0.735. The summed E-state index contributed by atoms with van der Waals surface area (Å²) in [6.07, 6.45) is 0.594. The molecule has 3 nitrogen and oxygen atoms in total. The van der Waals surface area contributed by atoms with Gasteiger partial charge in [-0.15, -0.1) is 10.3 Å². The summed E-state index contributed by atoms with van der Waals surface area (Å²) in [5.41, 5.74) is 1.15. The van der Waals surface area contributed by atoms with E-state index in [0.717, 1.165) is 17.1 Å². The van der Waals surface area contributed by atoms with Crippen LogP contribution in [0.2, 0.25) is 0 Å². The van der Waals surface area contributed by atoms with Gasteiger partial charge >= 0.3 is 0 Å². The van der Waals surface area contributed by atoms with Gasteiger partial charge in [-0.2, -0.15) is 8.42 Å². The first-order valence-corrected chi connectivity index (χ1v) is 10.3. The summed E-state index contributed by atoms with van der Waals surface area (Å²) in [6.45, 7) is 5.89. The summed E-state index contributed by atoms with van der Waals surface area (Å²) in [6, 6.07) is 9.98. The standard InChI is InChI=1S/C14H24O3S2/c1-4-12-19(15,16)17-18(5-2,6-3)13-14-10-8-7-9-11-14/h7-11H,4-6,12-13H2,1-3H3. The maximum atomic E-state index is 12.0. The molecule has 0 radical (unpaired) electrons. The maximum Gasteiger partial charge on any atom is 0.276 e. The lowest BCUT2D eigenvalue weighted by Crippen LogP contribution is -2.19. The van der Waals surface area contributed by atoms with Crippen LogP contribution in [0.4, 0.5) is 0 Å². The van der Waals surface area contributed by atoms with Crippen LogP contribution in [0.25, 0.3) is 0 Å². The summed E-state index contributed by atoms with van der Waals surface area (Å²) in [5.74, 6) is 2.35. The SMILES string of the molecule is CCCS(=O)(=O)OS(CC)(CC)Cc1ccccc1. The molecule has 0 aliphatic heterocycles. The molecule has 0 atom stereocenters. The van der Waals surface area contributed by atoms with Gasteiger partial charge in [0.2, 0.25) is 0 Å². The average Bonchev–Trinajstić information content (AvgIpc) is 2.38. The van der Waals surface area contributed by atoms with Crippen molar-refractivity contribution in [2.24, 2.45) is 0 Å². The van der Waals surface area contributed by atoms with E-state index in [1.165, 1.54) is 0 Å². The van der Waals surface area contributed by atoms with E-state index in [2.05, 4.69) is 0 Å². The smallest absolute Gasteiger partial charge is 0.220 e. The Hall–Kier alpha value is -0.520. The summed E-state index contributed by atoms with van der Waals surface area (Å²) < 4.78 is 29.5. The van der Waals surface area contributed by atoms with Crippen LogP contribution in [0.3, 0.4) is 0 Å². The highest BCUT2D eigenvalue weighted by atomic mass is 32.3. The molecule has 0 aliphatic rings. The Morgan fingerprint density at radius 2 is 1.58 bits per heavy atom. The van der Waals surface area contributed by atoms with E-state index in [1.807, 2.05) is 51.1 Å². The molecular weight excluding hydrogens is 280 g/mol. The Balaban J connectivity index is 2.91. The van der Waals surface area contributed by atoms with Gasteiger partial charge in [-0.05, 0) is 23.5 Å². The van der Waals surface area contributed by atoms with Crippen molar-refractivity contribution in [2.45, 2.75) is 32.9 Å². The zero-order valence-corrected chi connectivity index (χ0v) is 13.6. The minimum Gasteiger partial charge on any atom is -0.220 e. The fourth-order valence-electron chi connectivity index (χ4n) is 1.91. The van der Waals surface area contributed by atoms with Gasteiger partial charge in [-0.25, -0.2) is 3.63 Å². The third-order valence-electron chi connectivity index (χ3n) is 3.03. The molecule has 0 fully saturated rings. The number of rotatable bonds is 8. The Kier molecular flexibility index (Phi) is 6.36. The zero-order valence-electron chi connectivity index (χ0n) is 12.0. The summed E-state index contributed by atoms with van der Waals surface area (Å²) >= 11 is 0. The molecule has 0 spiro atoms. The molecule has 0 saturated heterocycles. The van der Waals surface area contributed by atoms with Crippen molar-refractivity contribution in [3.8, 4) is 0 Å². The first kappa shape index (κ1) is 16.5. The molecule has 0 N–H and O–H groups in total. The van der Waals surface area contributed by atoms with Gasteiger partial charge in [-0.3, -0.25) is 0 Å². The van der Waals surface area contributed by atoms with Crippen molar-refractivity contribution in [1.29, 1.82) is 0 Å². The minimum atomic E-state index is -3.40. The first-order valence-electron chi connectivity index (χ1n) is 6.71. The second-order valence-corrected chi connectivity index (χ2v) is 9.95. The lowest BCUT2D eigenvalue weighted by atomic mass is 10.2. The van der Waals surface area contributed by atoms with Crippen molar-refractivity contribution in [1.82, 2.24) is 0 Å². The Bertz CT molecular complexity index is 465. The Morgan fingerprint density at radius 1 is 1.00 bits per heavy atom. The number of benzene rings is 1. The van der Waals surface area contributed by atoms with Crippen LogP contribution in [-0.4, -0.2) is 25.7 Å². The molecule has 0 unspecified atom stereocenters. The van der Waals surface area contributed by atoms with E-state index < -0.39 is 20.4 Å². The van der Waals surface area contributed by atoms with Crippen molar-refractivity contribution < 1.29 is 12.0 Å². The lowest BCUT2D eigenvalue weighted by Gasteiger charge is -2.36. The van der Waals surface area contributed by atoms with Crippen molar-refractivity contribution in [3.63, 3.8) is 0 Å². The topological polar surface area (TPSA) is 43.4 Å². The first-order chi connectivity index (χ1) is 8.97. The van der Waals surface area contributed by atoms with Crippen LogP contribution >= 0.6 is 10.3 Å². The predicted molar refractivity (Wildman–Crippen MR) is 84.0 cm³/mol. The van der Waals surface area contributed by atoms with E-state index in [1.54, 1.807) is 0 Å². The largest absolute Gasteiger partial charge is 0.276 e. The van der Waals surface area contributed by atoms with Crippen LogP contribution in [0.1, 0.15) is 32.8 Å². The van der Waals surface area contributed by atoms with Crippen molar-refractivity contribution in [2.75, 3.05) is 17.3 Å². The van der Waals surface area contributed by atoms with Crippen molar-refractivity contribution in [3.05, 3.63) is 35.9 Å². The normalized spacial score (nSPS) is 13.4. The molecule has 1 rings (SSSR count). The van der Waals surface area contributed by atoms with E-state index in [-0.39, 0.29) is 5.75 Å². The Labute approximate surface area is 119 Å². The summed E-state index contributed by atoms with van der Waals surface area (Å²) in [4.78, 5) is 0. The van der Waals surface area contributed by atoms with Gasteiger partial charge in [0.05, 0.1) is 5.75 Å². The third-order valence-corrected chi connectivity index (χ3v) is 8.88. The third kappa shape index (κ3) is 5.16. The highest BCUT2D eigenvalue weighted by Gasteiger charge is 2.28. The second-order valence-electron chi connectivity index (χ2n) is 4.50. The van der Waals surface area contributed by atoms with Gasteiger partial charge in [0.25, 0.3) is 10.1 Å². The predicted octanol–water partition coefficient (Wildman–Crippen LogP) is 3.70. The van der Waals surface area contributed by atoms with Crippen LogP contribution in [0.15, 0.2) is 30.3 Å². The summed E-state index contributed by atoms with van der Waals surface area (Å²) in [7, 11) is -4.99.